The largest absolute Gasteiger partial charge is 0.351 e. The maximum atomic E-state index is 12.0. The summed E-state index contributed by atoms with van der Waals surface area (Å²) >= 11 is 0. The molecule has 1 aliphatic carbocycles. The molecule has 2 unspecified atom stereocenters. The number of carbonyl (C=O) groups excluding carboxylic acids is 1. The minimum Gasteiger partial charge on any atom is -0.351 e. The van der Waals surface area contributed by atoms with Crippen LogP contribution in [-0.2, 0) is 4.79 Å². The van der Waals surface area contributed by atoms with Crippen LogP contribution in [-0.4, -0.2) is 17.5 Å². The predicted molar refractivity (Wildman–Crippen MR) is 71.7 cm³/mol. The molecule has 17 heavy (non-hydrogen) atoms. The van der Waals surface area contributed by atoms with Gasteiger partial charge in [-0.05, 0) is 39.0 Å². The summed E-state index contributed by atoms with van der Waals surface area (Å²) in [6.07, 6.45) is 7.36. The molecule has 3 heteroatoms. The first-order valence-electron chi connectivity index (χ1n) is 7.01. The van der Waals surface area contributed by atoms with E-state index < -0.39 is 0 Å². The van der Waals surface area contributed by atoms with Crippen molar-refractivity contribution in [2.45, 2.75) is 77.3 Å². The summed E-state index contributed by atoms with van der Waals surface area (Å²) < 4.78 is 0. The third-order valence-corrected chi connectivity index (χ3v) is 3.77. The second-order valence-corrected chi connectivity index (χ2v) is 6.09. The fraction of sp³-hybridized carbons (Fsp3) is 0.929. The van der Waals surface area contributed by atoms with Crippen molar-refractivity contribution in [1.82, 2.24) is 5.32 Å². The minimum atomic E-state index is -0.0788. The highest BCUT2D eigenvalue weighted by molar-refractivity contribution is 5.77. The van der Waals surface area contributed by atoms with Crippen LogP contribution < -0.4 is 11.1 Å². The van der Waals surface area contributed by atoms with Gasteiger partial charge in [0.25, 0.3) is 0 Å². The van der Waals surface area contributed by atoms with E-state index in [2.05, 4.69) is 26.1 Å². The van der Waals surface area contributed by atoms with Crippen molar-refractivity contribution in [3.63, 3.8) is 0 Å². The summed E-state index contributed by atoms with van der Waals surface area (Å²) in [5.41, 5.74) is 5.99. The molecule has 1 saturated carbocycles. The first-order valence-corrected chi connectivity index (χ1v) is 7.01. The van der Waals surface area contributed by atoms with E-state index in [4.69, 9.17) is 5.73 Å². The summed E-state index contributed by atoms with van der Waals surface area (Å²) in [4.78, 5) is 12.0. The second-order valence-electron chi connectivity index (χ2n) is 6.09. The van der Waals surface area contributed by atoms with Gasteiger partial charge in [-0.25, -0.2) is 0 Å². The lowest BCUT2D eigenvalue weighted by Gasteiger charge is -2.31. The number of hydrogen-bond acceptors (Lipinski definition) is 2. The number of hydrogen-bond donors (Lipinski definition) is 2. The molecule has 0 aliphatic heterocycles. The molecular formula is C14H28N2O. The molecular weight excluding hydrogens is 212 g/mol. The van der Waals surface area contributed by atoms with E-state index in [1.165, 1.54) is 12.8 Å². The van der Waals surface area contributed by atoms with Crippen molar-refractivity contribution >= 4 is 5.91 Å². The van der Waals surface area contributed by atoms with Gasteiger partial charge in [-0.15, -0.1) is 0 Å². The molecule has 0 bridgehead atoms. The summed E-state index contributed by atoms with van der Waals surface area (Å²) in [5.74, 6) is 0.562. The summed E-state index contributed by atoms with van der Waals surface area (Å²) in [6, 6.07) is 0.226. The summed E-state index contributed by atoms with van der Waals surface area (Å²) in [7, 11) is 0. The molecule has 1 rings (SSSR count). The highest BCUT2D eigenvalue weighted by Gasteiger charge is 2.26. The lowest BCUT2D eigenvalue weighted by Crippen LogP contribution is -2.45. The third kappa shape index (κ3) is 5.07. The lowest BCUT2D eigenvalue weighted by atomic mass is 9.82. The zero-order valence-electron chi connectivity index (χ0n) is 11.6. The highest BCUT2D eigenvalue weighted by Crippen LogP contribution is 2.25. The van der Waals surface area contributed by atoms with Crippen LogP contribution in [0.25, 0.3) is 0 Å². The maximum Gasteiger partial charge on any atom is 0.220 e. The van der Waals surface area contributed by atoms with Crippen molar-refractivity contribution in [2.24, 2.45) is 11.7 Å². The van der Waals surface area contributed by atoms with Crippen molar-refractivity contribution in [1.29, 1.82) is 0 Å². The minimum absolute atomic E-state index is 0.0788. The molecule has 1 amide bonds. The molecule has 100 valence electrons. The van der Waals surface area contributed by atoms with E-state index in [0.717, 1.165) is 25.7 Å². The van der Waals surface area contributed by atoms with Crippen LogP contribution >= 0.6 is 0 Å². The van der Waals surface area contributed by atoms with Gasteiger partial charge in [0.15, 0.2) is 0 Å². The van der Waals surface area contributed by atoms with E-state index in [1.54, 1.807) is 0 Å². The van der Waals surface area contributed by atoms with Gasteiger partial charge in [0.05, 0.1) is 0 Å². The topological polar surface area (TPSA) is 55.1 Å². The van der Waals surface area contributed by atoms with Gasteiger partial charge < -0.3 is 11.1 Å². The van der Waals surface area contributed by atoms with Crippen LogP contribution in [0.4, 0.5) is 0 Å². The van der Waals surface area contributed by atoms with Crippen molar-refractivity contribution < 1.29 is 4.79 Å². The van der Waals surface area contributed by atoms with E-state index in [9.17, 15) is 4.79 Å². The van der Waals surface area contributed by atoms with Crippen LogP contribution in [0, 0.1) is 5.92 Å². The molecule has 0 aromatic heterocycles. The molecule has 3 N–H and O–H groups in total. The van der Waals surface area contributed by atoms with Crippen molar-refractivity contribution in [2.75, 3.05) is 0 Å². The number of nitrogens with two attached hydrogens (primary N) is 1. The lowest BCUT2D eigenvalue weighted by molar-refractivity contribution is -0.124. The van der Waals surface area contributed by atoms with Crippen LogP contribution in [0.2, 0.25) is 0 Å². The SMILES string of the molecule is CCCC(C)(C)NC(=O)CC1CCCCC1N. The predicted octanol–water partition coefficient (Wildman–Crippen LogP) is 2.59. The van der Waals surface area contributed by atoms with E-state index >= 15 is 0 Å². The number of rotatable bonds is 5. The molecule has 3 nitrogen and oxygen atoms in total. The monoisotopic (exact) mass is 240 g/mol. The van der Waals surface area contributed by atoms with Gasteiger partial charge in [-0.1, -0.05) is 26.2 Å². The number of carbonyl (C=O) groups is 1. The van der Waals surface area contributed by atoms with Crippen LogP contribution in [0.3, 0.4) is 0 Å². The maximum absolute atomic E-state index is 12.0. The Kier molecular flexibility index (Phi) is 5.44. The van der Waals surface area contributed by atoms with Crippen LogP contribution in [0.15, 0.2) is 0 Å². The average Bonchev–Trinajstić information content (AvgIpc) is 2.20. The molecule has 1 aliphatic rings. The Morgan fingerprint density at radius 3 is 2.59 bits per heavy atom. The van der Waals surface area contributed by atoms with Gasteiger partial charge in [-0.2, -0.15) is 0 Å². The molecule has 0 saturated heterocycles. The Labute approximate surface area is 106 Å². The standard InChI is InChI=1S/C14H28N2O/c1-4-9-14(2,3)16-13(17)10-11-7-5-6-8-12(11)15/h11-12H,4-10,15H2,1-3H3,(H,16,17). The van der Waals surface area contributed by atoms with Gasteiger partial charge in [0.2, 0.25) is 5.91 Å². The summed E-state index contributed by atoms with van der Waals surface area (Å²) in [5, 5.41) is 3.13. The quantitative estimate of drug-likeness (QED) is 0.776. The van der Waals surface area contributed by atoms with Gasteiger partial charge in [0, 0.05) is 18.0 Å². The normalized spacial score (nSPS) is 25.6. The molecule has 0 aromatic carbocycles. The fourth-order valence-electron chi connectivity index (χ4n) is 2.84. The zero-order valence-corrected chi connectivity index (χ0v) is 11.6. The smallest absolute Gasteiger partial charge is 0.220 e. The zero-order chi connectivity index (χ0) is 12.9. The second kappa shape index (κ2) is 6.39. The Morgan fingerprint density at radius 1 is 1.35 bits per heavy atom. The van der Waals surface area contributed by atoms with E-state index in [1.807, 2.05) is 0 Å². The summed E-state index contributed by atoms with van der Waals surface area (Å²) in [6.45, 7) is 6.33. The molecule has 0 spiro atoms. The average molecular weight is 240 g/mol. The Morgan fingerprint density at radius 2 is 2.00 bits per heavy atom. The fourth-order valence-corrected chi connectivity index (χ4v) is 2.84. The van der Waals surface area contributed by atoms with Crippen molar-refractivity contribution in [3.8, 4) is 0 Å². The molecule has 0 radical (unpaired) electrons. The van der Waals surface area contributed by atoms with Crippen molar-refractivity contribution in [3.05, 3.63) is 0 Å². The van der Waals surface area contributed by atoms with Gasteiger partial charge >= 0.3 is 0 Å². The van der Waals surface area contributed by atoms with E-state index in [-0.39, 0.29) is 17.5 Å². The first kappa shape index (κ1) is 14.5. The third-order valence-electron chi connectivity index (χ3n) is 3.77. The first-order chi connectivity index (χ1) is 7.94. The van der Waals surface area contributed by atoms with E-state index in [0.29, 0.717) is 12.3 Å². The molecule has 1 fully saturated rings. The molecule has 2 atom stereocenters. The number of amides is 1. The molecule has 0 aromatic rings. The Balaban J connectivity index is 2.38. The van der Waals surface area contributed by atoms with Gasteiger partial charge in [-0.3, -0.25) is 4.79 Å². The van der Waals surface area contributed by atoms with Crippen LogP contribution in [0.5, 0.6) is 0 Å². The van der Waals surface area contributed by atoms with Crippen LogP contribution in [0.1, 0.15) is 65.7 Å². The Bertz CT molecular complexity index is 251. The highest BCUT2D eigenvalue weighted by atomic mass is 16.1. The van der Waals surface area contributed by atoms with Gasteiger partial charge in [0.1, 0.15) is 0 Å². The number of nitrogens with one attached hydrogen (secondary N) is 1. The molecule has 0 heterocycles. The Hall–Kier alpha value is -0.570.